The highest BCUT2D eigenvalue weighted by Gasteiger charge is 2.13. The lowest BCUT2D eigenvalue weighted by atomic mass is 10.3. The van der Waals surface area contributed by atoms with Crippen LogP contribution in [0.1, 0.15) is 0 Å². The fourth-order valence-corrected chi connectivity index (χ4v) is 1.74. The fraction of sp³-hybridized carbons (Fsp3) is 0.0769. The van der Waals surface area contributed by atoms with E-state index in [1.165, 1.54) is 0 Å². The van der Waals surface area contributed by atoms with Gasteiger partial charge in [-0.05, 0) is 24.3 Å². The van der Waals surface area contributed by atoms with E-state index in [0.29, 0.717) is 0 Å². The lowest BCUT2D eigenvalue weighted by Gasteiger charge is -2.25. The van der Waals surface area contributed by atoms with Crippen LogP contribution in [0.3, 0.4) is 0 Å². The van der Waals surface area contributed by atoms with Crippen molar-refractivity contribution in [2.75, 3.05) is 17.5 Å². The molecule has 1 aliphatic heterocycles. The summed E-state index contributed by atoms with van der Waals surface area (Å²) < 4.78 is 5.20. The Morgan fingerprint density at radius 2 is 2.00 bits per heavy atom. The van der Waals surface area contributed by atoms with Crippen molar-refractivity contribution < 1.29 is 4.74 Å². The number of fused-ring (bicyclic) bond motifs is 1. The lowest BCUT2D eigenvalue weighted by molar-refractivity contribution is 0.415. The first-order chi connectivity index (χ1) is 8.86. The number of anilines is 2. The molecule has 2 aromatic rings. The Morgan fingerprint density at radius 1 is 1.15 bits per heavy atom. The molecule has 0 fully saturated rings. The summed E-state index contributed by atoms with van der Waals surface area (Å²) in [7, 11) is 1.65. The lowest BCUT2D eigenvalue weighted by Crippen LogP contribution is -2.30. The number of pyridine rings is 1. The van der Waals surface area contributed by atoms with Crippen LogP contribution in [-0.4, -0.2) is 18.4 Å². The van der Waals surface area contributed by atoms with Crippen molar-refractivity contribution in [3.63, 3.8) is 0 Å². The number of ether oxygens (including phenoxy) is 1. The van der Waals surface area contributed by atoms with Crippen molar-refractivity contribution in [1.82, 2.24) is 4.98 Å². The Balaban J connectivity index is 0.000001000. The van der Waals surface area contributed by atoms with Gasteiger partial charge in [0.1, 0.15) is 17.8 Å². The number of benzene rings is 1. The molecule has 1 aromatic carbocycles. The third-order valence-electron chi connectivity index (χ3n) is 2.66. The normalized spacial score (nSPS) is 11.6. The SMILES string of the molecule is COc1cccc(N2C=Nc3cccnc3N2)c1.Cl.Cl. The average molecular weight is 313 g/mol. The van der Waals surface area contributed by atoms with Crippen molar-refractivity contribution in [2.24, 2.45) is 4.99 Å². The van der Waals surface area contributed by atoms with E-state index in [-0.39, 0.29) is 24.8 Å². The van der Waals surface area contributed by atoms with Crippen molar-refractivity contribution in [1.29, 1.82) is 0 Å². The van der Waals surface area contributed by atoms with E-state index in [2.05, 4.69) is 15.4 Å². The quantitative estimate of drug-likeness (QED) is 0.923. The van der Waals surface area contributed by atoms with Gasteiger partial charge >= 0.3 is 0 Å². The van der Waals surface area contributed by atoms with Gasteiger partial charge in [-0.1, -0.05) is 6.07 Å². The van der Waals surface area contributed by atoms with Gasteiger partial charge in [-0.3, -0.25) is 5.43 Å². The number of hydrazine groups is 1. The topological polar surface area (TPSA) is 49.8 Å². The fourth-order valence-electron chi connectivity index (χ4n) is 1.74. The molecular weight excluding hydrogens is 299 g/mol. The molecule has 0 saturated carbocycles. The van der Waals surface area contributed by atoms with Gasteiger partial charge in [0.25, 0.3) is 0 Å². The first kappa shape index (κ1) is 16.1. The summed E-state index contributed by atoms with van der Waals surface area (Å²) in [5.74, 6) is 1.54. The van der Waals surface area contributed by atoms with E-state index in [9.17, 15) is 0 Å². The second-order valence-electron chi connectivity index (χ2n) is 3.80. The summed E-state index contributed by atoms with van der Waals surface area (Å²) in [6, 6.07) is 11.5. The maximum atomic E-state index is 5.20. The second kappa shape index (κ2) is 6.98. The Kier molecular flexibility index (Phi) is 5.61. The molecule has 0 spiro atoms. The Morgan fingerprint density at radius 3 is 2.80 bits per heavy atom. The van der Waals surface area contributed by atoms with Crippen molar-refractivity contribution in [2.45, 2.75) is 0 Å². The summed E-state index contributed by atoms with van der Waals surface area (Å²) in [6.45, 7) is 0. The van der Waals surface area contributed by atoms with E-state index < -0.39 is 0 Å². The van der Waals surface area contributed by atoms with Gasteiger partial charge in [0.15, 0.2) is 5.82 Å². The van der Waals surface area contributed by atoms with Crippen molar-refractivity contribution >= 4 is 48.3 Å². The number of hydrogen-bond donors (Lipinski definition) is 1. The number of aromatic nitrogens is 1. The van der Waals surface area contributed by atoms with E-state index >= 15 is 0 Å². The Hall–Kier alpha value is -1.98. The number of rotatable bonds is 2. The molecule has 1 aliphatic rings. The van der Waals surface area contributed by atoms with Crippen LogP contribution >= 0.6 is 24.8 Å². The zero-order chi connectivity index (χ0) is 12.4. The molecular formula is C13H14Cl2N4O. The molecule has 1 N–H and O–H groups in total. The van der Waals surface area contributed by atoms with Crippen LogP contribution in [0.5, 0.6) is 5.75 Å². The van der Waals surface area contributed by atoms with Crippen LogP contribution in [0.25, 0.3) is 0 Å². The molecule has 106 valence electrons. The second-order valence-corrected chi connectivity index (χ2v) is 3.80. The van der Waals surface area contributed by atoms with E-state index in [0.717, 1.165) is 22.9 Å². The monoisotopic (exact) mass is 312 g/mol. The molecule has 0 saturated heterocycles. The average Bonchev–Trinajstić information content (AvgIpc) is 2.47. The highest BCUT2D eigenvalue weighted by atomic mass is 35.5. The predicted octanol–water partition coefficient (Wildman–Crippen LogP) is 3.44. The predicted molar refractivity (Wildman–Crippen MR) is 86.0 cm³/mol. The number of hydrogen-bond acceptors (Lipinski definition) is 5. The van der Waals surface area contributed by atoms with Crippen molar-refractivity contribution in [3.8, 4) is 5.75 Å². The highest BCUT2D eigenvalue weighted by molar-refractivity contribution is 5.89. The largest absolute Gasteiger partial charge is 0.497 e. The minimum Gasteiger partial charge on any atom is -0.497 e. The standard InChI is InChI=1S/C13H12N4O.2ClH/c1-18-11-5-2-4-10(8-11)17-9-15-12-6-3-7-14-13(12)16-17;;/h2-9H,1H3,(H,14,16);2*1H. The van der Waals surface area contributed by atoms with Gasteiger partial charge in [-0.15, -0.1) is 24.8 Å². The summed E-state index contributed by atoms with van der Waals surface area (Å²) in [5, 5.41) is 1.80. The molecule has 7 heteroatoms. The van der Waals surface area contributed by atoms with Crippen molar-refractivity contribution in [3.05, 3.63) is 42.6 Å². The zero-order valence-corrected chi connectivity index (χ0v) is 12.3. The van der Waals surface area contributed by atoms with Crippen LogP contribution in [0.2, 0.25) is 0 Å². The van der Waals surface area contributed by atoms with Gasteiger partial charge in [0.2, 0.25) is 0 Å². The smallest absolute Gasteiger partial charge is 0.171 e. The minimum atomic E-state index is 0. The van der Waals surface area contributed by atoms with E-state index in [1.54, 1.807) is 24.7 Å². The first-order valence-corrected chi connectivity index (χ1v) is 5.56. The third-order valence-corrected chi connectivity index (χ3v) is 2.66. The number of nitrogens with one attached hydrogen (secondary N) is 1. The highest BCUT2D eigenvalue weighted by Crippen LogP contribution is 2.28. The third kappa shape index (κ3) is 3.12. The summed E-state index contributed by atoms with van der Waals surface area (Å²) in [4.78, 5) is 8.58. The molecule has 0 amide bonds. The molecule has 0 atom stereocenters. The molecule has 0 unspecified atom stereocenters. The molecule has 1 aromatic heterocycles. The molecule has 2 heterocycles. The van der Waals surface area contributed by atoms with Gasteiger partial charge in [0.05, 0.1) is 12.8 Å². The molecule has 20 heavy (non-hydrogen) atoms. The molecule has 0 bridgehead atoms. The molecule has 3 rings (SSSR count). The van der Waals surface area contributed by atoms with Gasteiger partial charge in [-0.25, -0.2) is 15.0 Å². The van der Waals surface area contributed by atoms with Gasteiger partial charge in [0, 0.05) is 12.3 Å². The van der Waals surface area contributed by atoms with Crippen LogP contribution in [0.4, 0.5) is 17.2 Å². The Bertz CT molecular complexity index is 606. The zero-order valence-electron chi connectivity index (χ0n) is 10.7. The van der Waals surface area contributed by atoms with Crippen LogP contribution in [0, 0.1) is 0 Å². The summed E-state index contributed by atoms with van der Waals surface area (Å²) in [5.41, 5.74) is 4.95. The summed E-state index contributed by atoms with van der Waals surface area (Å²) in [6.07, 6.45) is 3.45. The number of nitrogens with zero attached hydrogens (tertiary/aromatic N) is 3. The number of halogens is 2. The van der Waals surface area contributed by atoms with E-state index in [1.807, 2.05) is 36.4 Å². The van der Waals surface area contributed by atoms with Crippen LogP contribution < -0.4 is 15.2 Å². The Labute approximate surface area is 129 Å². The van der Waals surface area contributed by atoms with E-state index in [4.69, 9.17) is 4.74 Å². The van der Waals surface area contributed by atoms with Gasteiger partial charge < -0.3 is 4.74 Å². The summed E-state index contributed by atoms with van der Waals surface area (Å²) >= 11 is 0. The maximum absolute atomic E-state index is 5.20. The molecule has 0 aliphatic carbocycles. The first-order valence-electron chi connectivity index (χ1n) is 5.56. The van der Waals surface area contributed by atoms with Gasteiger partial charge in [-0.2, -0.15) is 0 Å². The number of aliphatic imine (C=N–C) groups is 1. The maximum Gasteiger partial charge on any atom is 0.171 e. The van der Waals surface area contributed by atoms with Crippen LogP contribution in [-0.2, 0) is 0 Å². The molecule has 5 nitrogen and oxygen atoms in total. The molecule has 0 radical (unpaired) electrons. The minimum absolute atomic E-state index is 0. The number of methoxy groups -OCH3 is 1. The van der Waals surface area contributed by atoms with Crippen LogP contribution in [0.15, 0.2) is 47.6 Å².